The van der Waals surface area contributed by atoms with Crippen LogP contribution in [0.3, 0.4) is 0 Å². The molecule has 1 aliphatic rings. The molecule has 1 aliphatic heterocycles. The zero-order chi connectivity index (χ0) is 23.4. The van der Waals surface area contributed by atoms with Crippen molar-refractivity contribution in [2.45, 2.75) is 6.10 Å². The molecule has 5 nitrogen and oxygen atoms in total. The Morgan fingerprint density at radius 3 is 2.39 bits per heavy atom. The summed E-state index contributed by atoms with van der Waals surface area (Å²) in [6.45, 7) is 0.581. The van der Waals surface area contributed by atoms with Gasteiger partial charge in [-0.2, -0.15) is 0 Å². The van der Waals surface area contributed by atoms with Gasteiger partial charge in [-0.15, -0.1) is 0 Å². The van der Waals surface area contributed by atoms with E-state index in [1.807, 2.05) is 0 Å². The van der Waals surface area contributed by atoms with Gasteiger partial charge in [0.25, 0.3) is 5.91 Å². The molecule has 1 atom stereocenters. The Morgan fingerprint density at radius 1 is 0.939 bits per heavy atom. The number of carbonyl (C=O) groups is 2. The molecule has 0 radical (unpaired) electrons. The second-order valence-electron chi connectivity index (χ2n) is 7.51. The molecule has 33 heavy (non-hydrogen) atoms. The third kappa shape index (κ3) is 5.23. The first-order valence-corrected chi connectivity index (χ1v) is 10.3. The molecule has 3 aromatic rings. The molecule has 1 unspecified atom stereocenters. The monoisotopic (exact) mass is 455 g/mol. The second-order valence-corrected chi connectivity index (χ2v) is 7.51. The summed E-state index contributed by atoms with van der Waals surface area (Å²) in [6, 6.07) is 14.4. The number of halogens is 3. The number of rotatable bonds is 6. The van der Waals surface area contributed by atoms with Crippen LogP contribution in [0.1, 0.15) is 26.3 Å². The van der Waals surface area contributed by atoms with Gasteiger partial charge >= 0.3 is 0 Å². The molecule has 8 heteroatoms. The number of hydrogen-bond acceptors (Lipinski definition) is 4. The average molecular weight is 455 g/mol. The molecule has 1 amide bonds. The van der Waals surface area contributed by atoms with Gasteiger partial charge in [0, 0.05) is 23.7 Å². The van der Waals surface area contributed by atoms with Crippen molar-refractivity contribution in [1.82, 2.24) is 4.90 Å². The second kappa shape index (κ2) is 9.87. The predicted molar refractivity (Wildman–Crippen MR) is 114 cm³/mol. The molecule has 0 N–H and O–H groups in total. The first-order valence-electron chi connectivity index (χ1n) is 10.3. The Balaban J connectivity index is 1.47. The van der Waals surface area contributed by atoms with Gasteiger partial charge in [-0.05, 0) is 42.5 Å². The van der Waals surface area contributed by atoms with Crippen molar-refractivity contribution in [3.63, 3.8) is 0 Å². The Bertz CT molecular complexity index is 1170. The van der Waals surface area contributed by atoms with Crippen LogP contribution in [0.5, 0.6) is 5.75 Å². The summed E-state index contributed by atoms with van der Waals surface area (Å²) in [5.74, 6) is -2.79. The van der Waals surface area contributed by atoms with E-state index >= 15 is 0 Å². The summed E-state index contributed by atoms with van der Waals surface area (Å²) in [7, 11) is 0. The minimum atomic E-state index is -0.701. The van der Waals surface area contributed by atoms with Gasteiger partial charge in [-0.3, -0.25) is 9.59 Å². The maximum Gasteiger partial charge on any atom is 0.254 e. The molecular weight excluding hydrogens is 435 g/mol. The zero-order valence-electron chi connectivity index (χ0n) is 17.5. The average Bonchev–Trinajstić information content (AvgIpc) is 2.84. The fraction of sp³-hybridized carbons (Fsp3) is 0.200. The van der Waals surface area contributed by atoms with Crippen molar-refractivity contribution in [1.29, 1.82) is 0 Å². The van der Waals surface area contributed by atoms with Crippen molar-refractivity contribution in [3.8, 4) is 5.75 Å². The van der Waals surface area contributed by atoms with Gasteiger partial charge in [-0.1, -0.05) is 18.2 Å². The highest BCUT2D eigenvalue weighted by molar-refractivity contribution is 6.15. The van der Waals surface area contributed by atoms with Crippen LogP contribution in [-0.2, 0) is 4.74 Å². The fourth-order valence-corrected chi connectivity index (χ4v) is 3.57. The maximum absolute atomic E-state index is 13.8. The Labute approximate surface area is 188 Å². The lowest BCUT2D eigenvalue weighted by atomic mass is 9.97. The topological polar surface area (TPSA) is 55.8 Å². The molecule has 0 aliphatic carbocycles. The number of morpholine rings is 1. The standard InChI is InChI=1S/C25H20F3NO4/c26-17-7-5-16(6-8-17)24(30)20-3-1-2-4-21(20)25(31)29-11-12-32-19(14-29)15-33-23-13-18(27)9-10-22(23)28/h1-10,13,19H,11-12,14-15H2. The van der Waals surface area contributed by atoms with E-state index in [-0.39, 0.29) is 48.1 Å². The van der Waals surface area contributed by atoms with Crippen molar-refractivity contribution in [2.24, 2.45) is 0 Å². The minimum Gasteiger partial charge on any atom is -0.488 e. The molecule has 0 aromatic heterocycles. The third-order valence-electron chi connectivity index (χ3n) is 5.25. The number of ether oxygens (including phenoxy) is 2. The van der Waals surface area contributed by atoms with Gasteiger partial charge in [0.1, 0.15) is 24.3 Å². The number of amides is 1. The van der Waals surface area contributed by atoms with Crippen LogP contribution in [0.25, 0.3) is 0 Å². The van der Waals surface area contributed by atoms with E-state index < -0.39 is 29.3 Å². The Morgan fingerprint density at radius 2 is 1.64 bits per heavy atom. The predicted octanol–water partition coefficient (Wildman–Crippen LogP) is 4.25. The lowest BCUT2D eigenvalue weighted by molar-refractivity contribution is -0.0406. The van der Waals surface area contributed by atoms with Crippen LogP contribution in [0.15, 0.2) is 66.7 Å². The summed E-state index contributed by atoms with van der Waals surface area (Å²) in [6.07, 6.45) is -0.565. The summed E-state index contributed by atoms with van der Waals surface area (Å²) in [5.41, 5.74) is 0.682. The van der Waals surface area contributed by atoms with E-state index in [2.05, 4.69) is 0 Å². The van der Waals surface area contributed by atoms with E-state index in [4.69, 9.17) is 9.47 Å². The third-order valence-corrected chi connectivity index (χ3v) is 5.25. The molecule has 1 saturated heterocycles. The van der Waals surface area contributed by atoms with Crippen molar-refractivity contribution in [3.05, 3.63) is 101 Å². The van der Waals surface area contributed by atoms with Gasteiger partial charge in [0.2, 0.25) is 0 Å². The lowest BCUT2D eigenvalue weighted by Gasteiger charge is -2.33. The van der Waals surface area contributed by atoms with E-state index in [1.54, 1.807) is 24.3 Å². The Kier molecular flexibility index (Phi) is 6.74. The van der Waals surface area contributed by atoms with Crippen LogP contribution in [-0.4, -0.2) is 49.0 Å². The number of hydrogen-bond donors (Lipinski definition) is 0. The van der Waals surface area contributed by atoms with Crippen molar-refractivity contribution < 1.29 is 32.2 Å². The highest BCUT2D eigenvalue weighted by atomic mass is 19.1. The first-order chi connectivity index (χ1) is 15.9. The highest BCUT2D eigenvalue weighted by Crippen LogP contribution is 2.21. The molecule has 1 heterocycles. The molecule has 0 spiro atoms. The number of benzene rings is 3. The first kappa shape index (κ1) is 22.5. The summed E-state index contributed by atoms with van der Waals surface area (Å²) in [4.78, 5) is 27.7. The molecule has 4 rings (SSSR count). The van der Waals surface area contributed by atoms with E-state index in [0.29, 0.717) is 6.54 Å². The number of carbonyl (C=O) groups excluding carboxylic acids is 2. The van der Waals surface area contributed by atoms with Crippen LogP contribution in [0.2, 0.25) is 0 Å². The highest BCUT2D eigenvalue weighted by Gasteiger charge is 2.28. The maximum atomic E-state index is 13.8. The van der Waals surface area contributed by atoms with Crippen LogP contribution in [0, 0.1) is 17.5 Å². The lowest BCUT2D eigenvalue weighted by Crippen LogP contribution is -2.48. The summed E-state index contributed by atoms with van der Waals surface area (Å²) >= 11 is 0. The van der Waals surface area contributed by atoms with Crippen LogP contribution >= 0.6 is 0 Å². The summed E-state index contributed by atoms with van der Waals surface area (Å²) in [5, 5.41) is 0. The SMILES string of the molecule is O=C(c1ccc(F)cc1)c1ccccc1C(=O)N1CCOC(COc2cc(F)ccc2F)C1. The molecular formula is C25H20F3NO4. The molecule has 0 saturated carbocycles. The molecule has 3 aromatic carbocycles. The van der Waals surface area contributed by atoms with Gasteiger partial charge in [0.05, 0.1) is 18.7 Å². The van der Waals surface area contributed by atoms with Gasteiger partial charge in [0.15, 0.2) is 17.3 Å². The zero-order valence-corrected chi connectivity index (χ0v) is 17.5. The number of nitrogens with zero attached hydrogens (tertiary/aromatic N) is 1. The Hall–Kier alpha value is -3.65. The van der Waals surface area contributed by atoms with E-state index in [1.165, 1.54) is 29.2 Å². The fourth-order valence-electron chi connectivity index (χ4n) is 3.57. The largest absolute Gasteiger partial charge is 0.488 e. The van der Waals surface area contributed by atoms with Crippen LogP contribution in [0.4, 0.5) is 13.2 Å². The smallest absolute Gasteiger partial charge is 0.254 e. The van der Waals surface area contributed by atoms with Gasteiger partial charge in [-0.25, -0.2) is 13.2 Å². The minimum absolute atomic E-state index is 0.0830. The molecule has 0 bridgehead atoms. The molecule has 170 valence electrons. The summed E-state index contributed by atoms with van der Waals surface area (Å²) < 4.78 is 51.3. The van der Waals surface area contributed by atoms with Crippen molar-refractivity contribution in [2.75, 3.05) is 26.3 Å². The normalized spacial score (nSPS) is 15.8. The number of ketones is 1. The molecule has 1 fully saturated rings. The van der Waals surface area contributed by atoms with Crippen LogP contribution < -0.4 is 4.74 Å². The van der Waals surface area contributed by atoms with E-state index in [9.17, 15) is 22.8 Å². The van der Waals surface area contributed by atoms with Crippen molar-refractivity contribution >= 4 is 11.7 Å². The quantitative estimate of drug-likeness (QED) is 0.522. The van der Waals surface area contributed by atoms with Gasteiger partial charge < -0.3 is 14.4 Å². The van der Waals surface area contributed by atoms with E-state index in [0.717, 1.165) is 18.2 Å².